The molecule has 2 nitrogen and oxygen atoms in total. The molecule has 0 atom stereocenters. The van der Waals surface area contributed by atoms with E-state index < -0.39 is 0 Å². The molecule has 82 valence electrons. The van der Waals surface area contributed by atoms with Crippen LogP contribution in [0.25, 0.3) is 10.9 Å². The van der Waals surface area contributed by atoms with Gasteiger partial charge in [-0.1, -0.05) is 28.1 Å². The van der Waals surface area contributed by atoms with E-state index in [1.54, 1.807) is 0 Å². The Balaban J connectivity index is 2.91. The molecule has 2 rings (SSSR count). The van der Waals surface area contributed by atoms with Crippen molar-refractivity contribution >= 4 is 26.8 Å². The van der Waals surface area contributed by atoms with Gasteiger partial charge in [0.05, 0.1) is 5.56 Å². The zero-order valence-electron chi connectivity index (χ0n) is 9.42. The van der Waals surface area contributed by atoms with Crippen molar-refractivity contribution in [1.29, 1.82) is 5.26 Å². The van der Waals surface area contributed by atoms with Gasteiger partial charge in [-0.3, -0.25) is 0 Å². The molecular formula is C13H13BrN2. The normalized spacial score (nSPS) is 10.6. The standard InChI is InChI=1S/C13H13BrN2/c1-3-16-12-6-9(2)4-5-10(12)11(8-15)13(16)7-14/h4-6H,3,7H2,1-2H3. The average Bonchev–Trinajstić information content (AvgIpc) is 2.60. The maximum Gasteiger partial charge on any atom is 0.102 e. The molecule has 1 aromatic heterocycles. The lowest BCUT2D eigenvalue weighted by Gasteiger charge is -2.05. The van der Waals surface area contributed by atoms with Crippen molar-refractivity contribution < 1.29 is 0 Å². The summed E-state index contributed by atoms with van der Waals surface area (Å²) in [5, 5.41) is 11.0. The lowest BCUT2D eigenvalue weighted by atomic mass is 10.1. The molecule has 1 aromatic carbocycles. The van der Waals surface area contributed by atoms with E-state index in [2.05, 4.69) is 52.5 Å². The van der Waals surface area contributed by atoms with Gasteiger partial charge in [-0.05, 0) is 25.5 Å². The van der Waals surface area contributed by atoms with E-state index in [4.69, 9.17) is 0 Å². The Hall–Kier alpha value is -1.27. The van der Waals surface area contributed by atoms with E-state index in [9.17, 15) is 5.26 Å². The SMILES string of the molecule is CCn1c(CBr)c(C#N)c2ccc(C)cc21. The second kappa shape index (κ2) is 4.31. The molecule has 0 radical (unpaired) electrons. The van der Waals surface area contributed by atoms with Crippen LogP contribution in [0.4, 0.5) is 0 Å². The molecular weight excluding hydrogens is 264 g/mol. The van der Waals surface area contributed by atoms with Crippen LogP contribution in [-0.4, -0.2) is 4.57 Å². The van der Waals surface area contributed by atoms with E-state index in [-0.39, 0.29) is 0 Å². The van der Waals surface area contributed by atoms with Crippen molar-refractivity contribution in [2.24, 2.45) is 0 Å². The number of rotatable bonds is 2. The fourth-order valence-corrected chi connectivity index (χ4v) is 2.72. The van der Waals surface area contributed by atoms with E-state index in [0.29, 0.717) is 0 Å². The summed E-state index contributed by atoms with van der Waals surface area (Å²) in [6, 6.07) is 8.56. The topological polar surface area (TPSA) is 28.7 Å². The third kappa shape index (κ3) is 1.54. The Morgan fingerprint density at radius 1 is 1.44 bits per heavy atom. The number of aromatic nitrogens is 1. The second-order valence-corrected chi connectivity index (χ2v) is 4.39. The number of benzene rings is 1. The molecule has 3 heteroatoms. The van der Waals surface area contributed by atoms with Gasteiger partial charge >= 0.3 is 0 Å². The number of alkyl halides is 1. The van der Waals surface area contributed by atoms with Gasteiger partial charge in [0, 0.05) is 28.5 Å². The fraction of sp³-hybridized carbons (Fsp3) is 0.308. The first kappa shape index (κ1) is 11.2. The number of halogens is 1. The van der Waals surface area contributed by atoms with Gasteiger partial charge < -0.3 is 4.57 Å². The number of hydrogen-bond acceptors (Lipinski definition) is 1. The summed E-state index contributed by atoms with van der Waals surface area (Å²) < 4.78 is 2.20. The van der Waals surface area contributed by atoms with Gasteiger partial charge in [-0.2, -0.15) is 5.26 Å². The molecule has 0 saturated heterocycles. The highest BCUT2D eigenvalue weighted by atomic mass is 79.9. The molecule has 0 spiro atoms. The van der Waals surface area contributed by atoms with Crippen LogP contribution in [0.3, 0.4) is 0 Å². The molecule has 0 saturated carbocycles. The van der Waals surface area contributed by atoms with Crippen LogP contribution in [-0.2, 0) is 11.9 Å². The molecule has 0 unspecified atom stereocenters. The number of nitrogens with zero attached hydrogens (tertiary/aromatic N) is 2. The molecule has 0 aliphatic rings. The Morgan fingerprint density at radius 3 is 2.75 bits per heavy atom. The molecule has 2 aromatic rings. The zero-order valence-corrected chi connectivity index (χ0v) is 11.0. The van der Waals surface area contributed by atoms with Crippen LogP contribution >= 0.6 is 15.9 Å². The van der Waals surface area contributed by atoms with Crippen molar-refractivity contribution in [2.45, 2.75) is 25.7 Å². The van der Waals surface area contributed by atoms with Gasteiger partial charge in [0.1, 0.15) is 6.07 Å². The van der Waals surface area contributed by atoms with E-state index >= 15 is 0 Å². The monoisotopic (exact) mass is 276 g/mol. The molecule has 0 amide bonds. The molecule has 0 aliphatic heterocycles. The molecule has 0 N–H and O–H groups in total. The van der Waals surface area contributed by atoms with Crippen molar-refractivity contribution in [3.8, 4) is 6.07 Å². The van der Waals surface area contributed by atoms with Crippen LogP contribution in [0.2, 0.25) is 0 Å². The first-order valence-corrected chi connectivity index (χ1v) is 6.42. The lowest BCUT2D eigenvalue weighted by Crippen LogP contribution is -1.99. The maximum atomic E-state index is 9.24. The molecule has 1 heterocycles. The highest BCUT2D eigenvalue weighted by molar-refractivity contribution is 9.08. The number of nitriles is 1. The van der Waals surface area contributed by atoms with E-state index in [1.807, 2.05) is 6.07 Å². The summed E-state index contributed by atoms with van der Waals surface area (Å²) in [4.78, 5) is 0. The van der Waals surface area contributed by atoms with Gasteiger partial charge in [0.2, 0.25) is 0 Å². The third-order valence-electron chi connectivity index (χ3n) is 2.88. The largest absolute Gasteiger partial charge is 0.343 e. The first-order valence-electron chi connectivity index (χ1n) is 5.30. The fourth-order valence-electron chi connectivity index (χ4n) is 2.14. The number of hydrogen-bond donors (Lipinski definition) is 0. The summed E-state index contributed by atoms with van der Waals surface area (Å²) in [6.07, 6.45) is 0. The van der Waals surface area contributed by atoms with Crippen molar-refractivity contribution in [3.63, 3.8) is 0 Å². The maximum absolute atomic E-state index is 9.24. The predicted octanol–water partition coefficient (Wildman–Crippen LogP) is 3.74. The summed E-state index contributed by atoms with van der Waals surface area (Å²) in [5.41, 5.74) is 4.26. The summed E-state index contributed by atoms with van der Waals surface area (Å²) in [5.74, 6) is 0. The molecule has 0 fully saturated rings. The van der Waals surface area contributed by atoms with Crippen LogP contribution in [0.15, 0.2) is 18.2 Å². The highest BCUT2D eigenvalue weighted by Crippen LogP contribution is 2.28. The van der Waals surface area contributed by atoms with Crippen molar-refractivity contribution in [3.05, 3.63) is 35.0 Å². The Labute approximate surface area is 104 Å². The van der Waals surface area contributed by atoms with Crippen molar-refractivity contribution in [1.82, 2.24) is 4.57 Å². The number of aryl methyl sites for hydroxylation is 2. The zero-order chi connectivity index (χ0) is 11.7. The lowest BCUT2D eigenvalue weighted by molar-refractivity contribution is 0.765. The average molecular weight is 277 g/mol. The predicted molar refractivity (Wildman–Crippen MR) is 69.7 cm³/mol. The number of fused-ring (bicyclic) bond motifs is 1. The van der Waals surface area contributed by atoms with Crippen LogP contribution < -0.4 is 0 Å². The Kier molecular flexibility index (Phi) is 3.02. The van der Waals surface area contributed by atoms with Gasteiger partial charge in [-0.15, -0.1) is 0 Å². The highest BCUT2D eigenvalue weighted by Gasteiger charge is 2.14. The molecule has 0 aliphatic carbocycles. The minimum absolute atomic E-state index is 0.720. The minimum Gasteiger partial charge on any atom is -0.343 e. The van der Waals surface area contributed by atoms with Crippen LogP contribution in [0, 0.1) is 18.3 Å². The summed E-state index contributed by atoms with van der Waals surface area (Å²) >= 11 is 3.47. The third-order valence-corrected chi connectivity index (χ3v) is 3.41. The first-order chi connectivity index (χ1) is 7.72. The van der Waals surface area contributed by atoms with E-state index in [0.717, 1.165) is 34.0 Å². The van der Waals surface area contributed by atoms with Crippen LogP contribution in [0.1, 0.15) is 23.7 Å². The van der Waals surface area contributed by atoms with E-state index in [1.165, 1.54) is 5.56 Å². The second-order valence-electron chi connectivity index (χ2n) is 3.83. The van der Waals surface area contributed by atoms with Crippen LogP contribution in [0.5, 0.6) is 0 Å². The minimum atomic E-state index is 0.720. The smallest absolute Gasteiger partial charge is 0.102 e. The quantitative estimate of drug-likeness (QED) is 0.769. The van der Waals surface area contributed by atoms with Gasteiger partial charge in [0.15, 0.2) is 0 Å². The Bertz CT molecular complexity index is 576. The van der Waals surface area contributed by atoms with Gasteiger partial charge in [0.25, 0.3) is 0 Å². The summed E-state index contributed by atoms with van der Waals surface area (Å²) in [6.45, 7) is 5.07. The summed E-state index contributed by atoms with van der Waals surface area (Å²) in [7, 11) is 0. The van der Waals surface area contributed by atoms with Gasteiger partial charge in [-0.25, -0.2) is 0 Å². The van der Waals surface area contributed by atoms with Crippen molar-refractivity contribution in [2.75, 3.05) is 0 Å². The Morgan fingerprint density at radius 2 is 2.19 bits per heavy atom. The molecule has 0 bridgehead atoms. The molecule has 16 heavy (non-hydrogen) atoms.